The van der Waals surface area contributed by atoms with Crippen molar-refractivity contribution in [3.05, 3.63) is 54.1 Å². The average molecular weight is 330 g/mol. The first-order chi connectivity index (χ1) is 12.2. The van der Waals surface area contributed by atoms with Crippen LogP contribution in [0.25, 0.3) is 33.7 Å². The molecular formula is C19H18N6. The molecule has 0 bridgehead atoms. The van der Waals surface area contributed by atoms with Crippen LogP contribution in [0.3, 0.4) is 0 Å². The van der Waals surface area contributed by atoms with Crippen LogP contribution in [0.5, 0.6) is 0 Å². The highest BCUT2D eigenvalue weighted by molar-refractivity contribution is 5.93. The predicted molar refractivity (Wildman–Crippen MR) is 99.4 cm³/mol. The maximum Gasteiger partial charge on any atom is 0.160 e. The highest BCUT2D eigenvalue weighted by Crippen LogP contribution is 2.29. The number of rotatable bonds is 3. The smallest absolute Gasteiger partial charge is 0.160 e. The third-order valence-electron chi connectivity index (χ3n) is 4.18. The zero-order valence-corrected chi connectivity index (χ0v) is 14.3. The van der Waals surface area contributed by atoms with E-state index in [1.54, 1.807) is 6.20 Å². The Kier molecular flexibility index (Phi) is 3.65. The van der Waals surface area contributed by atoms with Crippen LogP contribution in [0.2, 0.25) is 0 Å². The monoisotopic (exact) mass is 330 g/mol. The Balaban J connectivity index is 1.89. The molecule has 0 aliphatic carbocycles. The maximum atomic E-state index is 4.79. The van der Waals surface area contributed by atoms with Crippen molar-refractivity contribution in [1.29, 1.82) is 0 Å². The number of aromatic nitrogens is 5. The summed E-state index contributed by atoms with van der Waals surface area (Å²) in [6, 6.07) is 9.93. The highest BCUT2D eigenvalue weighted by Gasteiger charge is 2.13. The van der Waals surface area contributed by atoms with Gasteiger partial charge in [-0.3, -0.25) is 4.98 Å². The Morgan fingerprint density at radius 1 is 0.960 bits per heavy atom. The SMILES string of the molecule is CNc1cc(-c2nccc(-c3ccc(C)nc3C)n2)c2cc[nH]c2n1. The fourth-order valence-electron chi connectivity index (χ4n) is 2.95. The number of aryl methyl sites for hydroxylation is 2. The minimum Gasteiger partial charge on any atom is -0.373 e. The molecule has 25 heavy (non-hydrogen) atoms. The van der Waals surface area contributed by atoms with E-state index in [2.05, 4.69) is 31.3 Å². The summed E-state index contributed by atoms with van der Waals surface area (Å²) in [6.45, 7) is 3.99. The van der Waals surface area contributed by atoms with Gasteiger partial charge in [0.25, 0.3) is 0 Å². The first-order valence-corrected chi connectivity index (χ1v) is 8.09. The van der Waals surface area contributed by atoms with E-state index in [1.165, 1.54) is 0 Å². The summed E-state index contributed by atoms with van der Waals surface area (Å²) in [4.78, 5) is 21.5. The van der Waals surface area contributed by atoms with Gasteiger partial charge in [0, 0.05) is 47.3 Å². The number of nitrogens with zero attached hydrogens (tertiary/aromatic N) is 4. The molecule has 0 unspecified atom stereocenters. The second-order valence-electron chi connectivity index (χ2n) is 5.90. The van der Waals surface area contributed by atoms with E-state index in [4.69, 9.17) is 4.98 Å². The van der Waals surface area contributed by atoms with Crippen LogP contribution in [0.15, 0.2) is 42.7 Å². The minimum atomic E-state index is 0.668. The lowest BCUT2D eigenvalue weighted by Crippen LogP contribution is -1.98. The van der Waals surface area contributed by atoms with Crippen LogP contribution in [0.1, 0.15) is 11.4 Å². The molecular weight excluding hydrogens is 312 g/mol. The average Bonchev–Trinajstić information content (AvgIpc) is 3.09. The van der Waals surface area contributed by atoms with Crippen LogP contribution in [-0.4, -0.2) is 32.0 Å². The van der Waals surface area contributed by atoms with Gasteiger partial charge in [0.15, 0.2) is 5.82 Å². The van der Waals surface area contributed by atoms with Gasteiger partial charge in [-0.05, 0) is 44.2 Å². The van der Waals surface area contributed by atoms with Crippen LogP contribution >= 0.6 is 0 Å². The number of pyridine rings is 2. The second-order valence-corrected chi connectivity index (χ2v) is 5.90. The Hall–Kier alpha value is -3.28. The summed E-state index contributed by atoms with van der Waals surface area (Å²) in [7, 11) is 1.85. The summed E-state index contributed by atoms with van der Waals surface area (Å²) in [5.41, 5.74) is 5.59. The van der Waals surface area contributed by atoms with Gasteiger partial charge in [0.05, 0.1) is 5.69 Å². The van der Waals surface area contributed by atoms with E-state index in [9.17, 15) is 0 Å². The number of fused-ring (bicyclic) bond motifs is 1. The molecule has 4 aromatic rings. The van der Waals surface area contributed by atoms with Crippen molar-refractivity contribution in [3.63, 3.8) is 0 Å². The zero-order valence-electron chi connectivity index (χ0n) is 14.3. The van der Waals surface area contributed by atoms with Gasteiger partial charge < -0.3 is 10.3 Å². The van der Waals surface area contributed by atoms with Crippen molar-refractivity contribution in [3.8, 4) is 22.6 Å². The number of H-pyrrole nitrogens is 1. The summed E-state index contributed by atoms with van der Waals surface area (Å²) in [5.74, 6) is 1.44. The lowest BCUT2D eigenvalue weighted by molar-refractivity contribution is 1.11. The molecule has 0 saturated heterocycles. The Bertz CT molecular complexity index is 1070. The van der Waals surface area contributed by atoms with Gasteiger partial charge in [-0.2, -0.15) is 0 Å². The molecule has 0 saturated carbocycles. The molecule has 0 radical (unpaired) electrons. The van der Waals surface area contributed by atoms with Crippen molar-refractivity contribution in [2.45, 2.75) is 13.8 Å². The van der Waals surface area contributed by atoms with Gasteiger partial charge in [-0.1, -0.05) is 0 Å². The van der Waals surface area contributed by atoms with Crippen LogP contribution in [-0.2, 0) is 0 Å². The largest absolute Gasteiger partial charge is 0.373 e. The molecule has 4 aromatic heterocycles. The molecule has 6 nitrogen and oxygen atoms in total. The molecule has 124 valence electrons. The fraction of sp³-hybridized carbons (Fsp3) is 0.158. The minimum absolute atomic E-state index is 0.668. The number of nitrogens with one attached hydrogen (secondary N) is 2. The number of aromatic amines is 1. The summed E-state index contributed by atoms with van der Waals surface area (Å²) >= 11 is 0. The lowest BCUT2D eigenvalue weighted by Gasteiger charge is -2.09. The van der Waals surface area contributed by atoms with E-state index in [-0.39, 0.29) is 0 Å². The molecule has 0 aliphatic rings. The molecule has 0 spiro atoms. The highest BCUT2D eigenvalue weighted by atomic mass is 15.0. The first-order valence-electron chi connectivity index (χ1n) is 8.09. The van der Waals surface area contributed by atoms with E-state index in [0.29, 0.717) is 5.82 Å². The van der Waals surface area contributed by atoms with Gasteiger partial charge in [-0.25, -0.2) is 15.0 Å². The zero-order chi connectivity index (χ0) is 17.4. The normalized spacial score (nSPS) is 11.0. The van der Waals surface area contributed by atoms with Crippen LogP contribution in [0.4, 0.5) is 5.82 Å². The Morgan fingerprint density at radius 3 is 2.64 bits per heavy atom. The van der Waals surface area contributed by atoms with Crippen molar-refractivity contribution < 1.29 is 0 Å². The summed E-state index contributed by atoms with van der Waals surface area (Å²) in [6.07, 6.45) is 3.66. The fourth-order valence-corrected chi connectivity index (χ4v) is 2.95. The standard InChI is InChI=1S/C19H18N6/c1-11-4-5-13(12(2)23-11)16-7-9-22-19(24-16)15-10-17(20-3)25-18-14(15)6-8-21-18/h4-10H,1-3H3,(H2,20,21,25). The first kappa shape index (κ1) is 15.3. The van der Waals surface area contributed by atoms with Gasteiger partial charge in [-0.15, -0.1) is 0 Å². The molecule has 0 atom stereocenters. The third-order valence-corrected chi connectivity index (χ3v) is 4.18. The van der Waals surface area contributed by atoms with Gasteiger partial charge in [0.2, 0.25) is 0 Å². The van der Waals surface area contributed by atoms with Crippen molar-refractivity contribution in [2.75, 3.05) is 12.4 Å². The molecule has 0 aliphatic heterocycles. The maximum absolute atomic E-state index is 4.79. The van der Waals surface area contributed by atoms with Crippen molar-refractivity contribution in [2.24, 2.45) is 0 Å². The molecule has 0 amide bonds. The third kappa shape index (κ3) is 2.71. The Morgan fingerprint density at radius 2 is 1.84 bits per heavy atom. The molecule has 6 heteroatoms. The molecule has 0 aromatic carbocycles. The second kappa shape index (κ2) is 5.98. The van der Waals surface area contributed by atoms with Crippen molar-refractivity contribution in [1.82, 2.24) is 24.9 Å². The van der Waals surface area contributed by atoms with Gasteiger partial charge >= 0.3 is 0 Å². The molecule has 4 heterocycles. The van der Waals surface area contributed by atoms with Gasteiger partial charge in [0.1, 0.15) is 11.5 Å². The predicted octanol–water partition coefficient (Wildman–Crippen LogP) is 3.74. The Labute approximate surface area is 145 Å². The lowest BCUT2D eigenvalue weighted by atomic mass is 10.1. The quantitative estimate of drug-likeness (QED) is 0.598. The van der Waals surface area contributed by atoms with E-state index >= 15 is 0 Å². The van der Waals surface area contributed by atoms with Crippen LogP contribution < -0.4 is 5.32 Å². The van der Waals surface area contributed by atoms with E-state index < -0.39 is 0 Å². The molecule has 4 rings (SSSR count). The summed E-state index contributed by atoms with van der Waals surface area (Å²) in [5, 5.41) is 4.08. The van der Waals surface area contributed by atoms with Crippen LogP contribution in [0, 0.1) is 13.8 Å². The van der Waals surface area contributed by atoms with Crippen molar-refractivity contribution >= 4 is 16.9 Å². The summed E-state index contributed by atoms with van der Waals surface area (Å²) < 4.78 is 0. The van der Waals surface area contributed by atoms with E-state index in [0.717, 1.165) is 45.1 Å². The number of anilines is 1. The topological polar surface area (TPSA) is 79.4 Å². The van der Waals surface area contributed by atoms with E-state index in [1.807, 2.05) is 51.4 Å². The molecule has 0 fully saturated rings. The number of hydrogen-bond acceptors (Lipinski definition) is 5. The number of hydrogen-bond donors (Lipinski definition) is 2. The molecule has 2 N–H and O–H groups in total.